The van der Waals surface area contributed by atoms with E-state index in [1.807, 2.05) is 13.2 Å². The monoisotopic (exact) mass is 196 g/mol. The second-order valence-electron chi connectivity index (χ2n) is 2.88. The summed E-state index contributed by atoms with van der Waals surface area (Å²) in [7, 11) is 0. The highest BCUT2D eigenvalue weighted by Gasteiger charge is 2.01. The summed E-state index contributed by atoms with van der Waals surface area (Å²) in [6.45, 7) is 5.64. The zero-order valence-electron chi connectivity index (χ0n) is 7.76. The van der Waals surface area contributed by atoms with Crippen molar-refractivity contribution < 1.29 is 0 Å². The van der Waals surface area contributed by atoms with Gasteiger partial charge < -0.3 is 4.98 Å². The van der Waals surface area contributed by atoms with Gasteiger partial charge in [-0.1, -0.05) is 23.9 Å². The lowest BCUT2D eigenvalue weighted by Crippen LogP contribution is -2.14. The lowest BCUT2D eigenvalue weighted by Gasteiger charge is -1.99. The summed E-state index contributed by atoms with van der Waals surface area (Å²) in [5.74, 6) is 0. The SMILES string of the molecule is C=C(C)Cc1cnc(SC)[nH]c1=O. The predicted octanol–water partition coefficient (Wildman–Crippen LogP) is 1.61. The summed E-state index contributed by atoms with van der Waals surface area (Å²) in [4.78, 5) is 18.1. The Morgan fingerprint density at radius 3 is 2.92 bits per heavy atom. The molecule has 0 saturated heterocycles. The topological polar surface area (TPSA) is 45.8 Å². The molecule has 0 atom stereocenters. The molecule has 3 nitrogen and oxygen atoms in total. The highest BCUT2D eigenvalue weighted by Crippen LogP contribution is 2.05. The van der Waals surface area contributed by atoms with Gasteiger partial charge in [-0.15, -0.1) is 0 Å². The third kappa shape index (κ3) is 2.73. The van der Waals surface area contributed by atoms with Gasteiger partial charge in [0.1, 0.15) is 0 Å². The third-order valence-electron chi connectivity index (χ3n) is 1.54. The highest BCUT2D eigenvalue weighted by atomic mass is 32.2. The van der Waals surface area contributed by atoms with Crippen LogP contribution in [0.1, 0.15) is 12.5 Å². The summed E-state index contributed by atoms with van der Waals surface area (Å²) >= 11 is 1.42. The molecule has 0 fully saturated rings. The van der Waals surface area contributed by atoms with Crippen LogP contribution in [0.5, 0.6) is 0 Å². The number of nitrogens with one attached hydrogen (secondary N) is 1. The number of aromatic nitrogens is 2. The van der Waals surface area contributed by atoms with Gasteiger partial charge in [0.2, 0.25) is 0 Å². The molecule has 1 aromatic rings. The van der Waals surface area contributed by atoms with E-state index < -0.39 is 0 Å². The van der Waals surface area contributed by atoms with Crippen molar-refractivity contribution in [2.75, 3.05) is 6.26 Å². The van der Waals surface area contributed by atoms with Crippen LogP contribution in [0.15, 0.2) is 28.3 Å². The summed E-state index contributed by atoms with van der Waals surface area (Å²) in [5.41, 5.74) is 1.57. The second-order valence-corrected chi connectivity index (χ2v) is 3.68. The average Bonchev–Trinajstić information content (AvgIpc) is 2.08. The van der Waals surface area contributed by atoms with Gasteiger partial charge in [0.15, 0.2) is 5.16 Å². The average molecular weight is 196 g/mol. The zero-order valence-corrected chi connectivity index (χ0v) is 8.57. The summed E-state index contributed by atoms with van der Waals surface area (Å²) < 4.78 is 0. The normalized spacial score (nSPS) is 10.0. The van der Waals surface area contributed by atoms with Gasteiger partial charge in [-0.05, 0) is 19.6 Å². The molecular formula is C9H12N2OS. The predicted molar refractivity (Wildman–Crippen MR) is 55.2 cm³/mol. The standard InChI is InChI=1S/C9H12N2OS/c1-6(2)4-7-5-10-9(13-3)11-8(7)12/h5H,1,4H2,2-3H3,(H,10,11,12). The molecule has 0 bridgehead atoms. The Bertz CT molecular complexity index is 370. The Balaban J connectivity index is 2.99. The van der Waals surface area contributed by atoms with Crippen LogP contribution in [0.2, 0.25) is 0 Å². The van der Waals surface area contributed by atoms with Crippen molar-refractivity contribution in [2.24, 2.45) is 0 Å². The van der Waals surface area contributed by atoms with Crippen molar-refractivity contribution in [3.63, 3.8) is 0 Å². The molecule has 0 radical (unpaired) electrons. The van der Waals surface area contributed by atoms with Crippen molar-refractivity contribution in [3.8, 4) is 0 Å². The Morgan fingerprint density at radius 2 is 2.46 bits per heavy atom. The van der Waals surface area contributed by atoms with Crippen LogP contribution in [-0.4, -0.2) is 16.2 Å². The number of hydrogen-bond acceptors (Lipinski definition) is 3. The molecule has 1 heterocycles. The van der Waals surface area contributed by atoms with Gasteiger partial charge in [0, 0.05) is 11.8 Å². The van der Waals surface area contributed by atoms with E-state index >= 15 is 0 Å². The minimum atomic E-state index is -0.0673. The first-order valence-electron chi connectivity index (χ1n) is 3.90. The first kappa shape index (κ1) is 10.1. The van der Waals surface area contributed by atoms with Crippen LogP contribution in [-0.2, 0) is 6.42 Å². The quantitative estimate of drug-likeness (QED) is 0.454. The largest absolute Gasteiger partial charge is 0.301 e. The molecule has 4 heteroatoms. The highest BCUT2D eigenvalue weighted by molar-refractivity contribution is 7.98. The molecule has 1 N–H and O–H groups in total. The van der Waals surface area contributed by atoms with Crippen molar-refractivity contribution in [1.82, 2.24) is 9.97 Å². The van der Waals surface area contributed by atoms with Crippen molar-refractivity contribution >= 4 is 11.8 Å². The van der Waals surface area contributed by atoms with E-state index in [4.69, 9.17) is 0 Å². The minimum absolute atomic E-state index is 0.0673. The smallest absolute Gasteiger partial charge is 0.255 e. The van der Waals surface area contributed by atoms with E-state index in [0.717, 1.165) is 5.57 Å². The van der Waals surface area contributed by atoms with Crippen LogP contribution in [0.25, 0.3) is 0 Å². The van der Waals surface area contributed by atoms with E-state index in [-0.39, 0.29) is 5.56 Å². The molecule has 0 spiro atoms. The minimum Gasteiger partial charge on any atom is -0.301 e. The number of rotatable bonds is 3. The zero-order chi connectivity index (χ0) is 9.84. The van der Waals surface area contributed by atoms with Gasteiger partial charge in [-0.2, -0.15) is 0 Å². The lowest BCUT2D eigenvalue weighted by molar-refractivity contribution is 0.899. The van der Waals surface area contributed by atoms with Crippen LogP contribution >= 0.6 is 11.8 Å². The molecule has 1 aromatic heterocycles. The van der Waals surface area contributed by atoms with E-state index in [2.05, 4.69) is 16.5 Å². The van der Waals surface area contributed by atoms with Crippen LogP contribution in [0.3, 0.4) is 0 Å². The van der Waals surface area contributed by atoms with Crippen molar-refractivity contribution in [1.29, 1.82) is 0 Å². The molecule has 0 amide bonds. The molecular weight excluding hydrogens is 184 g/mol. The van der Waals surface area contributed by atoms with Gasteiger partial charge in [0.05, 0.1) is 0 Å². The van der Waals surface area contributed by atoms with Gasteiger partial charge in [0.25, 0.3) is 5.56 Å². The molecule has 70 valence electrons. The lowest BCUT2D eigenvalue weighted by atomic mass is 10.1. The first-order valence-corrected chi connectivity index (χ1v) is 5.12. The van der Waals surface area contributed by atoms with Crippen LogP contribution < -0.4 is 5.56 Å². The number of nitrogens with zero attached hydrogens (tertiary/aromatic N) is 1. The Labute approximate surface area is 81.3 Å². The second kappa shape index (κ2) is 4.28. The maximum Gasteiger partial charge on any atom is 0.255 e. The number of thioether (sulfide) groups is 1. The van der Waals surface area contributed by atoms with E-state index in [1.165, 1.54) is 11.8 Å². The molecule has 0 aliphatic carbocycles. The molecule has 0 aliphatic heterocycles. The molecule has 0 saturated carbocycles. The van der Waals surface area contributed by atoms with Gasteiger partial charge in [-0.3, -0.25) is 4.79 Å². The van der Waals surface area contributed by atoms with Crippen LogP contribution in [0.4, 0.5) is 0 Å². The maximum absolute atomic E-state index is 11.4. The summed E-state index contributed by atoms with van der Waals surface area (Å²) in [6.07, 6.45) is 4.08. The Hall–Kier alpha value is -1.03. The van der Waals surface area contributed by atoms with Crippen LogP contribution in [0, 0.1) is 0 Å². The van der Waals surface area contributed by atoms with Gasteiger partial charge in [-0.25, -0.2) is 4.98 Å². The third-order valence-corrected chi connectivity index (χ3v) is 2.13. The Morgan fingerprint density at radius 1 is 1.77 bits per heavy atom. The Kier molecular flexibility index (Phi) is 3.31. The molecule has 0 aromatic carbocycles. The number of H-pyrrole nitrogens is 1. The molecule has 0 unspecified atom stereocenters. The van der Waals surface area contributed by atoms with E-state index in [1.54, 1.807) is 6.20 Å². The molecule has 1 rings (SSSR count). The number of aromatic amines is 1. The van der Waals surface area contributed by atoms with Crippen molar-refractivity contribution in [3.05, 3.63) is 34.3 Å². The van der Waals surface area contributed by atoms with Crippen molar-refractivity contribution in [2.45, 2.75) is 18.5 Å². The van der Waals surface area contributed by atoms with E-state index in [9.17, 15) is 4.79 Å². The fourth-order valence-corrected chi connectivity index (χ4v) is 1.31. The number of allylic oxidation sites excluding steroid dienone is 1. The summed E-state index contributed by atoms with van der Waals surface area (Å²) in [5, 5.41) is 0.649. The maximum atomic E-state index is 11.4. The van der Waals surface area contributed by atoms with Gasteiger partial charge >= 0.3 is 0 Å². The summed E-state index contributed by atoms with van der Waals surface area (Å²) in [6, 6.07) is 0. The number of hydrogen-bond donors (Lipinski definition) is 1. The first-order chi connectivity index (χ1) is 6.13. The fourth-order valence-electron chi connectivity index (χ4n) is 0.960. The molecule has 0 aliphatic rings. The molecule has 13 heavy (non-hydrogen) atoms. The van der Waals surface area contributed by atoms with E-state index in [0.29, 0.717) is 17.1 Å². The fraction of sp³-hybridized carbons (Fsp3) is 0.333.